The number of piperidine rings is 1. The van der Waals surface area contributed by atoms with Gasteiger partial charge in [-0.3, -0.25) is 9.59 Å². The Morgan fingerprint density at radius 2 is 1.96 bits per heavy atom. The van der Waals surface area contributed by atoms with Gasteiger partial charge >= 0.3 is 0 Å². The molecule has 27 heavy (non-hydrogen) atoms. The SMILES string of the molecule is O=C(Nc1nncs1)C1CCN(C(=O)C2=NOC(c3ccccc3)C2)CC1. The van der Waals surface area contributed by atoms with Crippen LogP contribution in [0.3, 0.4) is 0 Å². The van der Waals surface area contributed by atoms with Crippen molar-refractivity contribution in [2.45, 2.75) is 25.4 Å². The summed E-state index contributed by atoms with van der Waals surface area (Å²) >= 11 is 1.29. The molecular weight excluding hydrogens is 366 g/mol. The number of likely N-dealkylation sites (tertiary alicyclic amines) is 1. The zero-order chi connectivity index (χ0) is 18.6. The fraction of sp³-hybridized carbons (Fsp3) is 0.389. The first kappa shape index (κ1) is 17.6. The van der Waals surface area contributed by atoms with E-state index in [1.165, 1.54) is 11.3 Å². The van der Waals surface area contributed by atoms with E-state index in [1.54, 1.807) is 10.4 Å². The van der Waals surface area contributed by atoms with Crippen molar-refractivity contribution >= 4 is 34.0 Å². The minimum atomic E-state index is -0.208. The summed E-state index contributed by atoms with van der Waals surface area (Å²) in [5.41, 5.74) is 3.03. The van der Waals surface area contributed by atoms with E-state index in [-0.39, 0.29) is 23.8 Å². The van der Waals surface area contributed by atoms with E-state index >= 15 is 0 Å². The molecule has 1 atom stereocenters. The predicted molar refractivity (Wildman–Crippen MR) is 100 cm³/mol. The van der Waals surface area contributed by atoms with E-state index in [1.807, 2.05) is 30.3 Å². The highest BCUT2D eigenvalue weighted by atomic mass is 32.1. The molecule has 140 valence electrons. The molecule has 2 aromatic rings. The molecule has 1 aromatic carbocycles. The van der Waals surface area contributed by atoms with Gasteiger partial charge in [-0.1, -0.05) is 46.8 Å². The molecule has 2 aliphatic rings. The van der Waals surface area contributed by atoms with Crippen molar-refractivity contribution < 1.29 is 14.4 Å². The van der Waals surface area contributed by atoms with Crippen molar-refractivity contribution in [2.75, 3.05) is 18.4 Å². The number of nitrogens with one attached hydrogen (secondary N) is 1. The van der Waals surface area contributed by atoms with Gasteiger partial charge in [0.25, 0.3) is 5.91 Å². The van der Waals surface area contributed by atoms with Crippen LogP contribution in [0.1, 0.15) is 30.9 Å². The largest absolute Gasteiger partial charge is 0.387 e. The standard InChI is InChI=1S/C18H19N5O3S/c24-16(20-18-21-19-11-27-18)13-6-8-23(9-7-13)17(25)14-10-15(26-22-14)12-4-2-1-3-5-12/h1-5,11,13,15H,6-10H2,(H,20,21,24). The highest BCUT2D eigenvalue weighted by Crippen LogP contribution is 2.28. The van der Waals surface area contributed by atoms with Gasteiger partial charge in [-0.2, -0.15) is 0 Å². The maximum atomic E-state index is 12.7. The molecule has 8 nitrogen and oxygen atoms in total. The summed E-state index contributed by atoms with van der Waals surface area (Å²) in [6.07, 6.45) is 1.50. The van der Waals surface area contributed by atoms with E-state index in [9.17, 15) is 9.59 Å². The van der Waals surface area contributed by atoms with E-state index < -0.39 is 0 Å². The Hall–Kier alpha value is -2.81. The lowest BCUT2D eigenvalue weighted by atomic mass is 9.95. The van der Waals surface area contributed by atoms with Crippen LogP contribution in [0.2, 0.25) is 0 Å². The van der Waals surface area contributed by atoms with E-state index in [0.717, 1.165) is 5.56 Å². The number of carbonyl (C=O) groups excluding carboxylic acids is 2. The summed E-state index contributed by atoms with van der Waals surface area (Å²) in [7, 11) is 0. The molecule has 0 bridgehead atoms. The normalized spacial score (nSPS) is 20.1. The van der Waals surface area contributed by atoms with Gasteiger partial charge in [-0.25, -0.2) is 0 Å². The molecular formula is C18H19N5O3S. The quantitative estimate of drug-likeness (QED) is 0.871. The molecule has 4 rings (SSSR count). The highest BCUT2D eigenvalue weighted by molar-refractivity contribution is 7.13. The van der Waals surface area contributed by atoms with E-state index in [0.29, 0.717) is 43.2 Å². The van der Waals surface area contributed by atoms with Crippen molar-refractivity contribution in [1.82, 2.24) is 15.1 Å². The van der Waals surface area contributed by atoms with Crippen LogP contribution in [0.25, 0.3) is 0 Å². The summed E-state index contributed by atoms with van der Waals surface area (Å²) in [5, 5.41) is 14.8. The first-order valence-corrected chi connectivity index (χ1v) is 9.72. The molecule has 1 aromatic heterocycles. The van der Waals surface area contributed by atoms with Gasteiger partial charge in [0.15, 0.2) is 6.10 Å². The average molecular weight is 385 g/mol. The van der Waals surface area contributed by atoms with Gasteiger partial charge < -0.3 is 15.1 Å². The Morgan fingerprint density at radius 3 is 2.67 bits per heavy atom. The number of oxime groups is 1. The second-order valence-electron chi connectivity index (χ2n) is 6.55. The van der Waals surface area contributed by atoms with Gasteiger partial charge in [0, 0.05) is 25.4 Å². The first-order valence-electron chi connectivity index (χ1n) is 8.84. The molecule has 9 heteroatoms. The summed E-state index contributed by atoms with van der Waals surface area (Å²) in [6.45, 7) is 1.06. The van der Waals surface area contributed by atoms with Crippen molar-refractivity contribution in [3.63, 3.8) is 0 Å². The average Bonchev–Trinajstić information content (AvgIpc) is 3.40. The van der Waals surface area contributed by atoms with Crippen molar-refractivity contribution in [3.05, 3.63) is 41.4 Å². The molecule has 0 aliphatic carbocycles. The maximum Gasteiger partial charge on any atom is 0.271 e. The molecule has 1 fully saturated rings. The molecule has 0 saturated carbocycles. The summed E-state index contributed by atoms with van der Waals surface area (Å²) in [6, 6.07) is 9.76. The third-order valence-corrected chi connectivity index (χ3v) is 5.44. The van der Waals surface area contributed by atoms with Crippen LogP contribution in [0, 0.1) is 5.92 Å². The maximum absolute atomic E-state index is 12.7. The molecule has 1 saturated heterocycles. The topological polar surface area (TPSA) is 96.8 Å². The summed E-state index contributed by atoms with van der Waals surface area (Å²) in [5.74, 6) is -0.294. The molecule has 0 spiro atoms. The van der Waals surface area contributed by atoms with Gasteiger partial charge in [0.05, 0.1) is 0 Å². The number of hydrogen-bond donors (Lipinski definition) is 1. The van der Waals surface area contributed by atoms with Crippen LogP contribution in [-0.4, -0.2) is 45.7 Å². The zero-order valence-electron chi connectivity index (χ0n) is 14.6. The number of benzene rings is 1. The third kappa shape index (κ3) is 3.97. The molecule has 3 heterocycles. The van der Waals surface area contributed by atoms with Crippen molar-refractivity contribution in [2.24, 2.45) is 11.1 Å². The smallest absolute Gasteiger partial charge is 0.271 e. The minimum absolute atomic E-state index is 0.0652. The fourth-order valence-corrected chi connectivity index (χ4v) is 3.76. The van der Waals surface area contributed by atoms with Gasteiger partial charge in [-0.05, 0) is 18.4 Å². The van der Waals surface area contributed by atoms with Crippen LogP contribution in [0.5, 0.6) is 0 Å². The highest BCUT2D eigenvalue weighted by Gasteiger charge is 2.33. The number of carbonyl (C=O) groups is 2. The Morgan fingerprint density at radius 1 is 1.19 bits per heavy atom. The van der Waals surface area contributed by atoms with Gasteiger partial charge in [0.1, 0.15) is 11.2 Å². The van der Waals surface area contributed by atoms with E-state index in [2.05, 4.69) is 20.7 Å². The number of hydrogen-bond acceptors (Lipinski definition) is 7. The lowest BCUT2D eigenvalue weighted by Crippen LogP contribution is -2.44. The van der Waals surface area contributed by atoms with Gasteiger partial charge in [0.2, 0.25) is 11.0 Å². The third-order valence-electron chi connectivity index (χ3n) is 4.83. The first-order chi connectivity index (χ1) is 13.2. The lowest BCUT2D eigenvalue weighted by Gasteiger charge is -2.30. The minimum Gasteiger partial charge on any atom is -0.387 e. The van der Waals surface area contributed by atoms with Crippen LogP contribution in [0.4, 0.5) is 5.13 Å². The van der Waals surface area contributed by atoms with Gasteiger partial charge in [-0.15, -0.1) is 10.2 Å². The van der Waals surface area contributed by atoms with Crippen LogP contribution in [-0.2, 0) is 14.4 Å². The molecule has 2 amide bonds. The fourth-order valence-electron chi connectivity index (χ4n) is 3.31. The Kier molecular flexibility index (Phi) is 5.10. The number of nitrogens with zero attached hydrogens (tertiary/aromatic N) is 4. The predicted octanol–water partition coefficient (Wildman–Crippen LogP) is 2.23. The number of amides is 2. The molecule has 1 unspecified atom stereocenters. The molecule has 1 N–H and O–H groups in total. The number of aromatic nitrogens is 2. The Balaban J connectivity index is 1.28. The number of anilines is 1. The Labute approximate surface area is 160 Å². The second kappa shape index (κ2) is 7.83. The second-order valence-corrected chi connectivity index (χ2v) is 7.38. The molecule has 0 radical (unpaired) electrons. The lowest BCUT2D eigenvalue weighted by molar-refractivity contribution is -0.128. The van der Waals surface area contributed by atoms with Crippen LogP contribution >= 0.6 is 11.3 Å². The monoisotopic (exact) mass is 385 g/mol. The number of rotatable bonds is 4. The van der Waals surface area contributed by atoms with E-state index in [4.69, 9.17) is 4.84 Å². The summed E-state index contributed by atoms with van der Waals surface area (Å²) < 4.78 is 0. The Bertz CT molecular complexity index is 832. The molecule has 2 aliphatic heterocycles. The zero-order valence-corrected chi connectivity index (χ0v) is 15.4. The summed E-state index contributed by atoms with van der Waals surface area (Å²) in [4.78, 5) is 32.2. The van der Waals surface area contributed by atoms with Crippen molar-refractivity contribution in [1.29, 1.82) is 0 Å². The van der Waals surface area contributed by atoms with Crippen LogP contribution < -0.4 is 5.32 Å². The van der Waals surface area contributed by atoms with Crippen LogP contribution in [0.15, 0.2) is 41.0 Å². The van der Waals surface area contributed by atoms with Crippen molar-refractivity contribution in [3.8, 4) is 0 Å².